The van der Waals surface area contributed by atoms with Crippen LogP contribution in [0.5, 0.6) is 0 Å². The highest BCUT2D eigenvalue weighted by atomic mass is 16.7. The maximum absolute atomic E-state index is 10.0. The van der Waals surface area contributed by atoms with E-state index in [1.807, 2.05) is 51.1 Å². The molecule has 0 saturated carbocycles. The Bertz CT molecular complexity index is 390. The van der Waals surface area contributed by atoms with Gasteiger partial charge in [0.05, 0.1) is 19.3 Å². The Labute approximate surface area is 114 Å². The van der Waals surface area contributed by atoms with Gasteiger partial charge in [-0.25, -0.2) is 0 Å². The van der Waals surface area contributed by atoms with Crippen LogP contribution in [-0.4, -0.2) is 35.8 Å². The van der Waals surface area contributed by atoms with Gasteiger partial charge < -0.3 is 19.3 Å². The molecular weight excluding hydrogens is 244 g/mol. The van der Waals surface area contributed by atoms with Gasteiger partial charge in [-0.1, -0.05) is 30.3 Å². The van der Waals surface area contributed by atoms with Crippen molar-refractivity contribution in [2.75, 3.05) is 6.61 Å². The van der Waals surface area contributed by atoms with E-state index in [-0.39, 0.29) is 12.2 Å². The van der Waals surface area contributed by atoms with E-state index in [1.54, 1.807) is 0 Å². The van der Waals surface area contributed by atoms with E-state index in [0.29, 0.717) is 13.2 Å². The summed E-state index contributed by atoms with van der Waals surface area (Å²) in [6, 6.07) is 9.94. The predicted molar refractivity (Wildman–Crippen MR) is 71.6 cm³/mol. The van der Waals surface area contributed by atoms with Gasteiger partial charge in [0.2, 0.25) is 0 Å². The van der Waals surface area contributed by atoms with Crippen molar-refractivity contribution in [3.63, 3.8) is 0 Å². The summed E-state index contributed by atoms with van der Waals surface area (Å²) in [5.41, 5.74) is 1.11. The molecule has 1 heterocycles. The summed E-state index contributed by atoms with van der Waals surface area (Å²) in [4.78, 5) is 0. The maximum Gasteiger partial charge on any atom is 0.163 e. The maximum atomic E-state index is 10.0. The smallest absolute Gasteiger partial charge is 0.163 e. The molecule has 106 valence electrons. The van der Waals surface area contributed by atoms with Gasteiger partial charge in [0, 0.05) is 0 Å². The minimum atomic E-state index is -0.681. The van der Waals surface area contributed by atoms with E-state index < -0.39 is 11.9 Å². The van der Waals surface area contributed by atoms with Crippen LogP contribution in [0.1, 0.15) is 26.3 Å². The number of aliphatic hydroxyl groups is 1. The van der Waals surface area contributed by atoms with E-state index in [0.717, 1.165) is 5.56 Å². The Hall–Kier alpha value is -0.940. The monoisotopic (exact) mass is 266 g/mol. The molecule has 1 fully saturated rings. The van der Waals surface area contributed by atoms with Gasteiger partial charge in [0.1, 0.15) is 12.2 Å². The lowest BCUT2D eigenvalue weighted by molar-refractivity contribution is -0.334. The highest BCUT2D eigenvalue weighted by Gasteiger charge is 2.40. The molecule has 3 atom stereocenters. The van der Waals surface area contributed by atoms with Crippen molar-refractivity contribution in [2.24, 2.45) is 0 Å². The van der Waals surface area contributed by atoms with E-state index in [9.17, 15) is 5.11 Å². The molecule has 0 amide bonds. The quantitative estimate of drug-likeness (QED) is 0.906. The van der Waals surface area contributed by atoms with Crippen LogP contribution in [0.4, 0.5) is 0 Å². The van der Waals surface area contributed by atoms with Gasteiger partial charge in [-0.05, 0) is 26.3 Å². The van der Waals surface area contributed by atoms with Crippen LogP contribution in [0, 0.1) is 0 Å². The standard InChI is InChI=1S/C15H22O4/c1-11-14(16)13(19-15(2,3)18-11)10-17-9-12-7-5-4-6-8-12/h4-8,11,13-14,16H,9-10H2,1-3H3/t11-,13-,14+/m0/s1. The lowest BCUT2D eigenvalue weighted by Gasteiger charge is -2.42. The fraction of sp³-hybridized carbons (Fsp3) is 0.600. The number of rotatable bonds is 4. The van der Waals surface area contributed by atoms with Crippen molar-refractivity contribution < 1.29 is 19.3 Å². The first-order chi connectivity index (χ1) is 8.98. The summed E-state index contributed by atoms with van der Waals surface area (Å²) in [7, 11) is 0. The van der Waals surface area contributed by atoms with Crippen LogP contribution in [0.2, 0.25) is 0 Å². The third kappa shape index (κ3) is 4.01. The molecule has 19 heavy (non-hydrogen) atoms. The SMILES string of the molecule is C[C@@H]1OC(C)(C)O[C@@H](COCc2ccccc2)[C@@H]1O. The second kappa shape index (κ2) is 6.01. The van der Waals surface area contributed by atoms with Crippen LogP contribution in [0.15, 0.2) is 30.3 Å². The first-order valence-electron chi connectivity index (χ1n) is 6.63. The Balaban J connectivity index is 1.84. The van der Waals surface area contributed by atoms with Gasteiger partial charge in [-0.15, -0.1) is 0 Å². The van der Waals surface area contributed by atoms with E-state index in [1.165, 1.54) is 0 Å². The second-order valence-corrected chi connectivity index (χ2v) is 5.37. The third-order valence-electron chi connectivity index (χ3n) is 3.16. The summed E-state index contributed by atoms with van der Waals surface area (Å²) >= 11 is 0. The fourth-order valence-corrected chi connectivity index (χ4v) is 2.28. The molecule has 0 unspecified atom stereocenters. The van der Waals surface area contributed by atoms with Crippen molar-refractivity contribution in [2.45, 2.75) is 51.5 Å². The highest BCUT2D eigenvalue weighted by Crippen LogP contribution is 2.27. The molecule has 0 aromatic heterocycles. The number of benzene rings is 1. The summed E-state index contributed by atoms with van der Waals surface area (Å²) in [6.07, 6.45) is -1.28. The number of ether oxygens (including phenoxy) is 3. The zero-order chi connectivity index (χ0) is 13.9. The molecule has 4 heteroatoms. The molecule has 1 N–H and O–H groups in total. The lowest BCUT2D eigenvalue weighted by atomic mass is 10.1. The highest BCUT2D eigenvalue weighted by molar-refractivity contribution is 5.13. The average Bonchev–Trinajstić information content (AvgIpc) is 2.36. The zero-order valence-corrected chi connectivity index (χ0v) is 11.7. The molecule has 1 saturated heterocycles. The summed E-state index contributed by atoms with van der Waals surface area (Å²) in [5.74, 6) is -0.681. The molecular formula is C15H22O4. The van der Waals surface area contributed by atoms with Crippen molar-refractivity contribution in [3.8, 4) is 0 Å². The summed E-state index contributed by atoms with van der Waals surface area (Å²) in [6.45, 7) is 6.41. The van der Waals surface area contributed by atoms with E-state index >= 15 is 0 Å². The van der Waals surface area contributed by atoms with Crippen molar-refractivity contribution in [1.29, 1.82) is 0 Å². The van der Waals surface area contributed by atoms with Crippen molar-refractivity contribution in [1.82, 2.24) is 0 Å². The fourth-order valence-electron chi connectivity index (χ4n) is 2.28. The molecule has 1 aliphatic heterocycles. The van der Waals surface area contributed by atoms with Gasteiger partial charge in [-0.2, -0.15) is 0 Å². The Morgan fingerprint density at radius 1 is 1.21 bits per heavy atom. The molecule has 0 spiro atoms. The Morgan fingerprint density at radius 3 is 2.58 bits per heavy atom. The predicted octanol–water partition coefficient (Wildman–Crippen LogP) is 2.10. The van der Waals surface area contributed by atoms with E-state index in [4.69, 9.17) is 14.2 Å². The van der Waals surface area contributed by atoms with Crippen LogP contribution >= 0.6 is 0 Å². The lowest BCUT2D eigenvalue weighted by Crippen LogP contribution is -2.54. The van der Waals surface area contributed by atoms with Crippen LogP contribution in [-0.2, 0) is 20.8 Å². The van der Waals surface area contributed by atoms with Gasteiger partial charge in [-0.3, -0.25) is 0 Å². The van der Waals surface area contributed by atoms with Crippen LogP contribution in [0.25, 0.3) is 0 Å². The molecule has 0 aliphatic carbocycles. The third-order valence-corrected chi connectivity index (χ3v) is 3.16. The van der Waals surface area contributed by atoms with Gasteiger partial charge in [0.25, 0.3) is 0 Å². The molecule has 1 aromatic rings. The molecule has 1 aliphatic rings. The molecule has 1 aromatic carbocycles. The van der Waals surface area contributed by atoms with Gasteiger partial charge in [0.15, 0.2) is 5.79 Å². The summed E-state index contributed by atoms with van der Waals surface area (Å²) < 4.78 is 16.9. The number of hydrogen-bond donors (Lipinski definition) is 1. The minimum Gasteiger partial charge on any atom is -0.388 e. The molecule has 4 nitrogen and oxygen atoms in total. The second-order valence-electron chi connectivity index (χ2n) is 5.37. The topological polar surface area (TPSA) is 47.9 Å². The minimum absolute atomic E-state index is 0.255. The molecule has 0 radical (unpaired) electrons. The normalized spacial score (nSPS) is 30.2. The first-order valence-corrected chi connectivity index (χ1v) is 6.63. The molecule has 2 rings (SSSR count). The van der Waals surface area contributed by atoms with Crippen molar-refractivity contribution >= 4 is 0 Å². The molecule has 0 bridgehead atoms. The first kappa shape index (κ1) is 14.5. The number of aliphatic hydroxyl groups excluding tert-OH is 1. The van der Waals surface area contributed by atoms with E-state index in [2.05, 4.69) is 0 Å². The average molecular weight is 266 g/mol. The largest absolute Gasteiger partial charge is 0.388 e. The summed E-state index contributed by atoms with van der Waals surface area (Å²) in [5, 5.41) is 10.0. The zero-order valence-electron chi connectivity index (χ0n) is 11.7. The van der Waals surface area contributed by atoms with Crippen LogP contribution < -0.4 is 0 Å². The van der Waals surface area contributed by atoms with Gasteiger partial charge >= 0.3 is 0 Å². The Morgan fingerprint density at radius 2 is 1.89 bits per heavy atom. The van der Waals surface area contributed by atoms with Crippen LogP contribution in [0.3, 0.4) is 0 Å². The number of hydrogen-bond acceptors (Lipinski definition) is 4. The Kier molecular flexibility index (Phi) is 4.58. The van der Waals surface area contributed by atoms with Crippen molar-refractivity contribution in [3.05, 3.63) is 35.9 Å².